The van der Waals surface area contributed by atoms with Gasteiger partial charge in [0.15, 0.2) is 0 Å². The zero-order valence-electron chi connectivity index (χ0n) is 10.7. The predicted molar refractivity (Wildman–Crippen MR) is 73.7 cm³/mol. The standard InChI is InChI=1S/C14H12O5S/c1-9(2)14(16)19-20(17,18)12-8-7-10-5-3-4-6-11(10)13(12)15/h3-8,15H,1H2,2H3. The quantitative estimate of drug-likeness (QED) is 0.693. The Labute approximate surface area is 116 Å². The minimum atomic E-state index is -4.39. The van der Waals surface area contributed by atoms with Gasteiger partial charge in [-0.25, -0.2) is 4.79 Å². The molecule has 5 nitrogen and oxygen atoms in total. The maximum absolute atomic E-state index is 12.0. The number of aromatic hydroxyl groups is 1. The minimum Gasteiger partial charge on any atom is -0.506 e. The van der Waals surface area contributed by atoms with Crippen molar-refractivity contribution in [2.45, 2.75) is 11.8 Å². The fraction of sp³-hybridized carbons (Fsp3) is 0.0714. The van der Waals surface area contributed by atoms with Crippen LogP contribution in [0, 0.1) is 0 Å². The second kappa shape index (κ2) is 4.97. The SMILES string of the molecule is C=C(C)C(=O)OS(=O)(=O)c1ccc2ccccc2c1O. The summed E-state index contributed by atoms with van der Waals surface area (Å²) in [5.41, 5.74) is -0.0474. The van der Waals surface area contributed by atoms with Crippen LogP contribution in [-0.2, 0) is 19.1 Å². The van der Waals surface area contributed by atoms with Gasteiger partial charge in [-0.2, -0.15) is 8.42 Å². The third-order valence-corrected chi connectivity index (χ3v) is 3.91. The van der Waals surface area contributed by atoms with Gasteiger partial charge in [0.05, 0.1) is 0 Å². The van der Waals surface area contributed by atoms with Crippen LogP contribution in [0.15, 0.2) is 53.4 Å². The Morgan fingerprint density at radius 3 is 2.50 bits per heavy atom. The van der Waals surface area contributed by atoms with Gasteiger partial charge in [-0.1, -0.05) is 36.9 Å². The number of hydrogen-bond donors (Lipinski definition) is 1. The van der Waals surface area contributed by atoms with Gasteiger partial charge >= 0.3 is 16.1 Å². The molecule has 1 N–H and O–H groups in total. The molecule has 0 aliphatic heterocycles. The molecule has 20 heavy (non-hydrogen) atoms. The van der Waals surface area contributed by atoms with Gasteiger partial charge in [0, 0.05) is 11.0 Å². The van der Waals surface area contributed by atoms with Crippen LogP contribution in [0.1, 0.15) is 6.92 Å². The van der Waals surface area contributed by atoms with E-state index in [-0.39, 0.29) is 5.57 Å². The van der Waals surface area contributed by atoms with Crippen LogP contribution in [0.25, 0.3) is 10.8 Å². The fourth-order valence-electron chi connectivity index (χ4n) is 1.65. The highest BCUT2D eigenvalue weighted by atomic mass is 32.2. The molecule has 0 fully saturated rings. The molecular weight excluding hydrogens is 280 g/mol. The number of hydrogen-bond acceptors (Lipinski definition) is 5. The number of benzene rings is 2. The third kappa shape index (κ3) is 2.50. The first-order chi connectivity index (χ1) is 9.33. The van der Waals surface area contributed by atoms with Gasteiger partial charge in [-0.15, -0.1) is 0 Å². The summed E-state index contributed by atoms with van der Waals surface area (Å²) in [4.78, 5) is 10.9. The normalized spacial score (nSPS) is 11.2. The Hall–Kier alpha value is -2.34. The summed E-state index contributed by atoms with van der Waals surface area (Å²) >= 11 is 0. The molecule has 104 valence electrons. The maximum Gasteiger partial charge on any atom is 0.349 e. The van der Waals surface area contributed by atoms with Crippen molar-refractivity contribution in [3.05, 3.63) is 48.6 Å². The molecule has 2 rings (SSSR count). The molecule has 6 heteroatoms. The molecule has 2 aromatic rings. The van der Waals surface area contributed by atoms with Crippen molar-refractivity contribution in [2.75, 3.05) is 0 Å². The van der Waals surface area contributed by atoms with Crippen LogP contribution in [0.4, 0.5) is 0 Å². The Morgan fingerprint density at radius 2 is 1.85 bits per heavy atom. The second-order valence-electron chi connectivity index (χ2n) is 4.24. The minimum absolute atomic E-state index is 0.0474. The molecule has 0 unspecified atom stereocenters. The highest BCUT2D eigenvalue weighted by Crippen LogP contribution is 2.32. The lowest BCUT2D eigenvalue weighted by atomic mass is 10.1. The van der Waals surface area contributed by atoms with Crippen LogP contribution in [0.3, 0.4) is 0 Å². The zero-order chi connectivity index (χ0) is 14.9. The Morgan fingerprint density at radius 1 is 1.20 bits per heavy atom. The lowest BCUT2D eigenvalue weighted by Gasteiger charge is -2.09. The molecule has 0 spiro atoms. The van der Waals surface area contributed by atoms with E-state index < -0.39 is 26.7 Å². The van der Waals surface area contributed by atoms with Crippen molar-refractivity contribution in [2.24, 2.45) is 0 Å². The number of rotatable bonds is 3. The highest BCUT2D eigenvalue weighted by molar-refractivity contribution is 7.87. The number of fused-ring (bicyclic) bond motifs is 1. The van der Waals surface area contributed by atoms with Crippen molar-refractivity contribution >= 4 is 26.9 Å². The van der Waals surface area contributed by atoms with Crippen LogP contribution in [0.5, 0.6) is 5.75 Å². The molecule has 0 amide bonds. The van der Waals surface area contributed by atoms with E-state index in [0.29, 0.717) is 10.8 Å². The fourth-order valence-corrected chi connectivity index (χ4v) is 2.67. The molecule has 0 saturated carbocycles. The number of carbonyl (C=O) groups excluding carboxylic acids is 1. The van der Waals surface area contributed by atoms with Crippen LogP contribution >= 0.6 is 0 Å². The third-order valence-electron chi connectivity index (χ3n) is 2.67. The maximum atomic E-state index is 12.0. The lowest BCUT2D eigenvalue weighted by molar-refractivity contribution is -0.129. The van der Waals surface area contributed by atoms with Crippen LogP contribution in [-0.4, -0.2) is 19.5 Å². The van der Waals surface area contributed by atoms with Gasteiger partial charge < -0.3 is 9.29 Å². The summed E-state index contributed by atoms with van der Waals surface area (Å²) in [6, 6.07) is 9.44. The molecule has 0 aliphatic carbocycles. The molecule has 0 aliphatic rings. The molecule has 0 heterocycles. The van der Waals surface area contributed by atoms with Gasteiger partial charge in [-0.3, -0.25) is 0 Å². The van der Waals surface area contributed by atoms with Gasteiger partial charge in [-0.05, 0) is 18.4 Å². The van der Waals surface area contributed by atoms with E-state index >= 15 is 0 Å². The molecule has 0 radical (unpaired) electrons. The van der Waals surface area contributed by atoms with Crippen LogP contribution in [0.2, 0.25) is 0 Å². The summed E-state index contributed by atoms with van der Waals surface area (Å²) in [6.45, 7) is 4.64. The topological polar surface area (TPSA) is 80.7 Å². The average Bonchev–Trinajstić information content (AvgIpc) is 2.38. The first kappa shape index (κ1) is 14.1. The Bertz CT molecular complexity index is 805. The van der Waals surface area contributed by atoms with Crippen molar-refractivity contribution in [3.63, 3.8) is 0 Å². The summed E-state index contributed by atoms with van der Waals surface area (Å²) < 4.78 is 28.3. The van der Waals surface area contributed by atoms with Crippen molar-refractivity contribution in [1.82, 2.24) is 0 Å². The summed E-state index contributed by atoms with van der Waals surface area (Å²) in [7, 11) is -4.39. The number of phenols is 1. The monoisotopic (exact) mass is 292 g/mol. The van der Waals surface area contributed by atoms with E-state index in [2.05, 4.69) is 10.8 Å². The van der Waals surface area contributed by atoms with E-state index in [9.17, 15) is 18.3 Å². The van der Waals surface area contributed by atoms with Crippen LogP contribution < -0.4 is 0 Å². The van der Waals surface area contributed by atoms with Gasteiger partial charge in [0.25, 0.3) is 0 Å². The second-order valence-corrected chi connectivity index (χ2v) is 5.75. The first-order valence-corrected chi connectivity index (χ1v) is 7.09. The largest absolute Gasteiger partial charge is 0.506 e. The molecule has 2 aromatic carbocycles. The van der Waals surface area contributed by atoms with Gasteiger partial charge in [0.1, 0.15) is 10.6 Å². The summed E-state index contributed by atoms with van der Waals surface area (Å²) in [6.07, 6.45) is 0. The van der Waals surface area contributed by atoms with E-state index in [0.717, 1.165) is 0 Å². The molecule has 0 saturated heterocycles. The van der Waals surface area contributed by atoms with E-state index in [1.807, 2.05) is 0 Å². The number of phenolic OH excluding ortho intramolecular Hbond substituents is 1. The number of carbonyl (C=O) groups is 1. The van der Waals surface area contributed by atoms with E-state index in [1.165, 1.54) is 19.1 Å². The summed E-state index contributed by atoms with van der Waals surface area (Å²) in [5, 5.41) is 11.1. The Kier molecular flexibility index (Phi) is 3.50. The van der Waals surface area contributed by atoms with Crippen molar-refractivity contribution in [1.29, 1.82) is 0 Å². The highest BCUT2D eigenvalue weighted by Gasteiger charge is 2.25. The predicted octanol–water partition coefficient (Wildman–Crippen LogP) is 2.35. The van der Waals surface area contributed by atoms with Crippen molar-refractivity contribution < 1.29 is 22.5 Å². The molecule has 0 atom stereocenters. The van der Waals surface area contributed by atoms with E-state index in [4.69, 9.17) is 0 Å². The lowest BCUT2D eigenvalue weighted by Crippen LogP contribution is -2.13. The summed E-state index contributed by atoms with van der Waals surface area (Å²) in [5.74, 6) is -1.50. The van der Waals surface area contributed by atoms with E-state index in [1.54, 1.807) is 24.3 Å². The van der Waals surface area contributed by atoms with Gasteiger partial charge in [0.2, 0.25) is 0 Å². The first-order valence-electron chi connectivity index (χ1n) is 5.68. The smallest absolute Gasteiger partial charge is 0.349 e. The molecule has 0 aromatic heterocycles. The van der Waals surface area contributed by atoms with Crippen molar-refractivity contribution in [3.8, 4) is 5.75 Å². The molecule has 0 bridgehead atoms. The molecular formula is C14H12O5S. The zero-order valence-corrected chi connectivity index (χ0v) is 11.5. The Balaban J connectivity index is 2.55. The average molecular weight is 292 g/mol.